The lowest BCUT2D eigenvalue weighted by molar-refractivity contribution is -0.139. The number of hydrogen-bond acceptors (Lipinski definition) is 5. The summed E-state index contributed by atoms with van der Waals surface area (Å²) in [6, 6.07) is -0.628. The van der Waals surface area contributed by atoms with Crippen molar-refractivity contribution in [2.24, 2.45) is 5.92 Å². The van der Waals surface area contributed by atoms with E-state index in [1.54, 1.807) is 11.3 Å². The number of nitrogens with zero attached hydrogens (tertiary/aromatic N) is 2. The molecule has 0 fully saturated rings. The fourth-order valence-corrected chi connectivity index (χ4v) is 4.51. The molecule has 0 amide bonds. The maximum absolute atomic E-state index is 11.6. The molecule has 0 saturated heterocycles. The maximum atomic E-state index is 11.6. The van der Waals surface area contributed by atoms with Crippen LogP contribution in [0.25, 0.3) is 10.2 Å². The summed E-state index contributed by atoms with van der Waals surface area (Å²) in [5.74, 6) is 0.589. The van der Waals surface area contributed by atoms with Crippen LogP contribution in [-0.2, 0) is 17.6 Å². The maximum Gasteiger partial charge on any atom is 0.326 e. The molecular weight excluding hydrogens is 310 g/mol. The van der Waals surface area contributed by atoms with Gasteiger partial charge in [-0.25, -0.2) is 14.8 Å². The molecule has 0 bridgehead atoms. The summed E-state index contributed by atoms with van der Waals surface area (Å²) in [6.45, 7) is 5.83. The van der Waals surface area contributed by atoms with Crippen LogP contribution in [0, 0.1) is 12.8 Å². The molecule has 6 heteroatoms. The SMILES string of the molecule is CC[C@@H](C)[C@@H](Nc1nc(C)nc2sc3c(c12)CCCC3)C(=O)O. The van der Waals surface area contributed by atoms with Crippen molar-refractivity contribution in [2.75, 3.05) is 5.32 Å². The van der Waals surface area contributed by atoms with Gasteiger partial charge in [0.15, 0.2) is 0 Å². The summed E-state index contributed by atoms with van der Waals surface area (Å²) in [6.07, 6.45) is 5.35. The highest BCUT2D eigenvalue weighted by atomic mass is 32.1. The largest absolute Gasteiger partial charge is 0.480 e. The predicted octanol–water partition coefficient (Wildman–Crippen LogP) is 3.79. The summed E-state index contributed by atoms with van der Waals surface area (Å²) in [5, 5.41) is 13.8. The quantitative estimate of drug-likeness (QED) is 0.870. The number of nitrogens with one attached hydrogen (secondary N) is 1. The van der Waals surface area contributed by atoms with Gasteiger partial charge in [-0.1, -0.05) is 20.3 Å². The minimum Gasteiger partial charge on any atom is -0.480 e. The van der Waals surface area contributed by atoms with Gasteiger partial charge in [-0.05, 0) is 44.1 Å². The molecule has 0 spiro atoms. The van der Waals surface area contributed by atoms with E-state index in [4.69, 9.17) is 0 Å². The Hall–Kier alpha value is -1.69. The van der Waals surface area contributed by atoms with Gasteiger partial charge in [0.25, 0.3) is 0 Å². The summed E-state index contributed by atoms with van der Waals surface area (Å²) < 4.78 is 0. The number of carboxylic acids is 1. The number of anilines is 1. The van der Waals surface area contributed by atoms with Crippen LogP contribution < -0.4 is 5.32 Å². The second-order valence-corrected chi connectivity index (χ2v) is 7.44. The fraction of sp³-hybridized carbons (Fsp3) is 0.588. The van der Waals surface area contributed by atoms with E-state index in [0.717, 1.165) is 29.5 Å². The van der Waals surface area contributed by atoms with Gasteiger partial charge < -0.3 is 10.4 Å². The first-order valence-electron chi connectivity index (χ1n) is 8.29. The number of rotatable bonds is 5. The first-order chi connectivity index (χ1) is 11.0. The molecule has 124 valence electrons. The number of carbonyl (C=O) groups is 1. The number of aryl methyl sites for hydroxylation is 3. The summed E-state index contributed by atoms with van der Waals surface area (Å²) in [7, 11) is 0. The van der Waals surface area contributed by atoms with Crippen molar-refractivity contribution in [1.82, 2.24) is 9.97 Å². The van der Waals surface area contributed by atoms with Crippen LogP contribution in [-0.4, -0.2) is 27.1 Å². The molecule has 2 aromatic heterocycles. The predicted molar refractivity (Wildman–Crippen MR) is 93.3 cm³/mol. The van der Waals surface area contributed by atoms with Crippen molar-refractivity contribution in [3.8, 4) is 0 Å². The summed E-state index contributed by atoms with van der Waals surface area (Å²) in [4.78, 5) is 23.1. The van der Waals surface area contributed by atoms with E-state index in [1.807, 2.05) is 20.8 Å². The lowest BCUT2D eigenvalue weighted by atomic mass is 9.96. The van der Waals surface area contributed by atoms with Crippen molar-refractivity contribution in [3.05, 3.63) is 16.3 Å². The molecule has 5 nitrogen and oxygen atoms in total. The highest BCUT2D eigenvalue weighted by Crippen LogP contribution is 2.39. The first-order valence-corrected chi connectivity index (χ1v) is 9.11. The Morgan fingerprint density at radius 1 is 1.35 bits per heavy atom. The number of aliphatic carboxylic acids is 1. The number of fused-ring (bicyclic) bond motifs is 3. The molecular formula is C17H23N3O2S. The third-order valence-corrected chi connectivity index (χ3v) is 5.88. The standard InChI is InChI=1S/C17H23N3O2S/c1-4-9(2)14(17(21)22)20-15-13-11-7-5-6-8-12(11)23-16(13)19-10(3)18-15/h9,14H,4-8H2,1-3H3,(H,21,22)(H,18,19,20)/t9-,14-/m1/s1. The van der Waals surface area contributed by atoms with Crippen LogP contribution >= 0.6 is 11.3 Å². The smallest absolute Gasteiger partial charge is 0.326 e. The summed E-state index contributed by atoms with van der Waals surface area (Å²) in [5.41, 5.74) is 1.33. The van der Waals surface area contributed by atoms with Crippen LogP contribution in [0.2, 0.25) is 0 Å². The average molecular weight is 333 g/mol. The zero-order chi connectivity index (χ0) is 16.6. The van der Waals surface area contributed by atoms with E-state index in [9.17, 15) is 9.90 Å². The van der Waals surface area contributed by atoms with Crippen LogP contribution in [0.4, 0.5) is 5.82 Å². The zero-order valence-corrected chi connectivity index (χ0v) is 14.7. The van der Waals surface area contributed by atoms with Gasteiger partial charge in [0, 0.05) is 4.88 Å². The van der Waals surface area contributed by atoms with Crippen molar-refractivity contribution < 1.29 is 9.90 Å². The molecule has 2 N–H and O–H groups in total. The van der Waals surface area contributed by atoms with Gasteiger partial charge in [0.1, 0.15) is 22.5 Å². The minimum atomic E-state index is -0.826. The lowest BCUT2D eigenvalue weighted by Gasteiger charge is -2.22. The Balaban J connectivity index is 2.08. The molecule has 2 heterocycles. The van der Waals surface area contributed by atoms with Crippen molar-refractivity contribution in [3.63, 3.8) is 0 Å². The third kappa shape index (κ3) is 3.04. The topological polar surface area (TPSA) is 75.1 Å². The van der Waals surface area contributed by atoms with E-state index in [-0.39, 0.29) is 5.92 Å². The van der Waals surface area contributed by atoms with E-state index in [0.29, 0.717) is 11.6 Å². The zero-order valence-electron chi connectivity index (χ0n) is 13.8. The molecule has 1 aliphatic carbocycles. The molecule has 1 aliphatic rings. The van der Waals surface area contributed by atoms with Crippen LogP contribution in [0.1, 0.15) is 49.4 Å². The van der Waals surface area contributed by atoms with Crippen LogP contribution in [0.5, 0.6) is 0 Å². The average Bonchev–Trinajstić information content (AvgIpc) is 2.89. The van der Waals surface area contributed by atoms with Gasteiger partial charge in [-0.2, -0.15) is 0 Å². The van der Waals surface area contributed by atoms with Crippen LogP contribution in [0.15, 0.2) is 0 Å². The van der Waals surface area contributed by atoms with Gasteiger partial charge >= 0.3 is 5.97 Å². The summed E-state index contributed by atoms with van der Waals surface area (Å²) >= 11 is 1.74. The monoisotopic (exact) mass is 333 g/mol. The first kappa shape index (κ1) is 16.2. The molecule has 0 aromatic carbocycles. The second kappa shape index (κ2) is 6.43. The molecule has 3 rings (SSSR count). The van der Waals surface area contributed by atoms with Gasteiger partial charge in [-0.3, -0.25) is 0 Å². The third-order valence-electron chi connectivity index (χ3n) is 4.70. The molecule has 0 unspecified atom stereocenters. The molecule has 2 atom stereocenters. The molecule has 0 radical (unpaired) electrons. The van der Waals surface area contributed by atoms with Gasteiger partial charge in [0.05, 0.1) is 5.39 Å². The molecule has 23 heavy (non-hydrogen) atoms. The van der Waals surface area contributed by atoms with E-state index < -0.39 is 12.0 Å². The van der Waals surface area contributed by atoms with Gasteiger partial charge in [-0.15, -0.1) is 11.3 Å². The van der Waals surface area contributed by atoms with Crippen LogP contribution in [0.3, 0.4) is 0 Å². The normalized spacial score (nSPS) is 16.8. The Kier molecular flexibility index (Phi) is 4.53. The highest BCUT2D eigenvalue weighted by molar-refractivity contribution is 7.19. The highest BCUT2D eigenvalue weighted by Gasteiger charge is 2.27. The molecule has 2 aromatic rings. The molecule has 0 aliphatic heterocycles. The number of carboxylic acid groups (broad SMARTS) is 1. The lowest BCUT2D eigenvalue weighted by Crippen LogP contribution is -2.35. The van der Waals surface area contributed by atoms with E-state index in [1.165, 1.54) is 23.3 Å². The Morgan fingerprint density at radius 2 is 2.09 bits per heavy atom. The van der Waals surface area contributed by atoms with Crippen molar-refractivity contribution in [1.29, 1.82) is 0 Å². The Bertz CT molecular complexity index is 741. The number of aromatic nitrogens is 2. The van der Waals surface area contributed by atoms with E-state index >= 15 is 0 Å². The fourth-order valence-electron chi connectivity index (χ4n) is 3.20. The Labute approximate surface area is 140 Å². The number of thiophene rings is 1. The second-order valence-electron chi connectivity index (χ2n) is 6.36. The van der Waals surface area contributed by atoms with Crippen molar-refractivity contribution >= 4 is 33.3 Å². The molecule has 0 saturated carbocycles. The Morgan fingerprint density at radius 3 is 2.78 bits per heavy atom. The minimum absolute atomic E-state index is 0.0345. The number of hydrogen-bond donors (Lipinski definition) is 2. The van der Waals surface area contributed by atoms with Gasteiger partial charge in [0.2, 0.25) is 0 Å². The van der Waals surface area contributed by atoms with Crippen molar-refractivity contribution in [2.45, 2.75) is 58.9 Å². The van der Waals surface area contributed by atoms with E-state index in [2.05, 4.69) is 15.3 Å².